The van der Waals surface area contributed by atoms with Gasteiger partial charge in [-0.05, 0) is 31.0 Å². The molecule has 0 saturated heterocycles. The van der Waals surface area contributed by atoms with E-state index in [4.69, 9.17) is 4.74 Å². The van der Waals surface area contributed by atoms with Crippen molar-refractivity contribution in [2.24, 2.45) is 5.92 Å². The Hall–Kier alpha value is -1.57. The minimum Gasteiger partial charge on any atom is -0.426 e. The molecule has 2 nitrogen and oxygen atoms in total. The van der Waals surface area contributed by atoms with E-state index >= 15 is 0 Å². The van der Waals surface area contributed by atoms with Crippen molar-refractivity contribution in [2.75, 3.05) is 0 Å². The normalized spacial score (nSPS) is 12.7. The maximum absolute atomic E-state index is 11.5. The molecule has 0 aliphatic rings. The summed E-state index contributed by atoms with van der Waals surface area (Å²) in [5, 5.41) is 0. The first kappa shape index (κ1) is 12.5. The molecule has 0 amide bonds. The van der Waals surface area contributed by atoms with E-state index in [-0.39, 0.29) is 11.9 Å². The Balaban J connectivity index is 2.65. The Kier molecular flexibility index (Phi) is 4.77. The van der Waals surface area contributed by atoms with Gasteiger partial charge in [0.1, 0.15) is 5.75 Å². The van der Waals surface area contributed by atoms with Crippen molar-refractivity contribution in [1.82, 2.24) is 0 Å². The second kappa shape index (κ2) is 6.11. The standard InChI is InChI=1S/C14H18O2/c1-4-6-12-7-9-13(10-8-12)16-14(15)11(3)5-2/h4,6-11H,5H2,1-3H3/b6-4+/t11-/m0/s1. The van der Waals surface area contributed by atoms with Crippen LogP contribution in [0.2, 0.25) is 0 Å². The monoisotopic (exact) mass is 218 g/mol. The molecule has 0 spiro atoms. The summed E-state index contributed by atoms with van der Waals surface area (Å²) >= 11 is 0. The average molecular weight is 218 g/mol. The zero-order valence-corrected chi connectivity index (χ0v) is 10.1. The largest absolute Gasteiger partial charge is 0.426 e. The van der Waals surface area contributed by atoms with Crippen LogP contribution < -0.4 is 4.74 Å². The van der Waals surface area contributed by atoms with Gasteiger partial charge < -0.3 is 4.74 Å². The minimum absolute atomic E-state index is 0.0461. The van der Waals surface area contributed by atoms with Crippen LogP contribution in [0.4, 0.5) is 0 Å². The minimum atomic E-state index is -0.165. The van der Waals surface area contributed by atoms with Gasteiger partial charge in [0.25, 0.3) is 0 Å². The SMILES string of the molecule is C/C=C/c1ccc(OC(=O)[C@@H](C)CC)cc1. The molecular weight excluding hydrogens is 200 g/mol. The van der Waals surface area contributed by atoms with Gasteiger partial charge in [-0.25, -0.2) is 0 Å². The van der Waals surface area contributed by atoms with Crippen LogP contribution in [-0.4, -0.2) is 5.97 Å². The zero-order chi connectivity index (χ0) is 12.0. The molecule has 1 rings (SSSR count). The van der Waals surface area contributed by atoms with Crippen molar-refractivity contribution >= 4 is 12.0 Å². The van der Waals surface area contributed by atoms with Crippen molar-refractivity contribution in [3.8, 4) is 5.75 Å². The highest BCUT2D eigenvalue weighted by Gasteiger charge is 2.12. The lowest BCUT2D eigenvalue weighted by Gasteiger charge is -2.08. The first-order valence-corrected chi connectivity index (χ1v) is 5.61. The Morgan fingerprint density at radius 2 is 2.00 bits per heavy atom. The van der Waals surface area contributed by atoms with E-state index in [1.54, 1.807) is 0 Å². The number of esters is 1. The summed E-state index contributed by atoms with van der Waals surface area (Å²) in [4.78, 5) is 11.5. The smallest absolute Gasteiger partial charge is 0.314 e. The maximum Gasteiger partial charge on any atom is 0.314 e. The molecular formula is C14H18O2. The molecule has 0 saturated carbocycles. The van der Waals surface area contributed by atoms with Gasteiger partial charge in [-0.15, -0.1) is 0 Å². The summed E-state index contributed by atoms with van der Waals surface area (Å²) in [6, 6.07) is 7.49. The van der Waals surface area contributed by atoms with Gasteiger partial charge in [-0.2, -0.15) is 0 Å². The fourth-order valence-corrected chi connectivity index (χ4v) is 1.22. The van der Waals surface area contributed by atoms with Gasteiger partial charge in [0.2, 0.25) is 0 Å². The number of hydrogen-bond donors (Lipinski definition) is 0. The molecule has 0 aromatic heterocycles. The van der Waals surface area contributed by atoms with E-state index in [1.165, 1.54) is 0 Å². The highest BCUT2D eigenvalue weighted by molar-refractivity contribution is 5.74. The van der Waals surface area contributed by atoms with E-state index in [2.05, 4.69) is 0 Å². The molecule has 86 valence electrons. The second-order valence-corrected chi connectivity index (χ2v) is 3.80. The first-order valence-electron chi connectivity index (χ1n) is 5.61. The molecule has 0 unspecified atom stereocenters. The van der Waals surface area contributed by atoms with Gasteiger partial charge in [-0.1, -0.05) is 38.1 Å². The highest BCUT2D eigenvalue weighted by atomic mass is 16.5. The summed E-state index contributed by atoms with van der Waals surface area (Å²) in [7, 11) is 0. The number of carbonyl (C=O) groups excluding carboxylic acids is 1. The first-order chi connectivity index (χ1) is 7.67. The fraction of sp³-hybridized carbons (Fsp3) is 0.357. The predicted molar refractivity (Wildman–Crippen MR) is 66.2 cm³/mol. The van der Waals surface area contributed by atoms with Gasteiger partial charge in [-0.3, -0.25) is 4.79 Å². The van der Waals surface area contributed by atoms with Crippen LogP contribution in [0.3, 0.4) is 0 Å². The fourth-order valence-electron chi connectivity index (χ4n) is 1.22. The van der Waals surface area contributed by atoms with Crippen molar-refractivity contribution in [3.63, 3.8) is 0 Å². The van der Waals surface area contributed by atoms with Gasteiger partial charge in [0, 0.05) is 0 Å². The molecule has 0 radical (unpaired) electrons. The molecule has 0 N–H and O–H groups in total. The average Bonchev–Trinajstić information content (AvgIpc) is 2.31. The Labute approximate surface area is 96.9 Å². The van der Waals surface area contributed by atoms with Crippen LogP contribution in [0, 0.1) is 5.92 Å². The molecule has 0 heterocycles. The summed E-state index contributed by atoms with van der Waals surface area (Å²) in [5.41, 5.74) is 1.10. The molecule has 1 aromatic carbocycles. The lowest BCUT2D eigenvalue weighted by atomic mass is 10.1. The summed E-state index contributed by atoms with van der Waals surface area (Å²) in [6.45, 7) is 5.81. The Morgan fingerprint density at radius 3 is 2.50 bits per heavy atom. The van der Waals surface area contributed by atoms with Crippen LogP contribution in [-0.2, 0) is 4.79 Å². The summed E-state index contributed by atoms with van der Waals surface area (Å²) < 4.78 is 5.24. The molecule has 0 aliphatic carbocycles. The molecule has 0 bridgehead atoms. The quantitative estimate of drug-likeness (QED) is 0.569. The van der Waals surface area contributed by atoms with Crippen LogP contribution in [0.15, 0.2) is 30.3 Å². The van der Waals surface area contributed by atoms with E-state index in [0.29, 0.717) is 5.75 Å². The lowest BCUT2D eigenvalue weighted by Crippen LogP contribution is -2.16. The number of rotatable bonds is 4. The van der Waals surface area contributed by atoms with Crippen molar-refractivity contribution in [2.45, 2.75) is 27.2 Å². The van der Waals surface area contributed by atoms with Crippen molar-refractivity contribution in [1.29, 1.82) is 0 Å². The number of ether oxygens (including phenoxy) is 1. The third-order valence-electron chi connectivity index (χ3n) is 2.47. The Morgan fingerprint density at radius 1 is 1.38 bits per heavy atom. The lowest BCUT2D eigenvalue weighted by molar-refractivity contribution is -0.138. The van der Waals surface area contributed by atoms with E-state index < -0.39 is 0 Å². The predicted octanol–water partition coefficient (Wildman–Crippen LogP) is 3.67. The third kappa shape index (κ3) is 3.54. The van der Waals surface area contributed by atoms with Crippen LogP contribution >= 0.6 is 0 Å². The third-order valence-corrected chi connectivity index (χ3v) is 2.47. The number of carbonyl (C=O) groups is 1. The van der Waals surface area contributed by atoms with Crippen LogP contribution in [0.1, 0.15) is 32.8 Å². The molecule has 2 heteroatoms. The van der Waals surface area contributed by atoms with Crippen LogP contribution in [0.25, 0.3) is 6.08 Å². The molecule has 0 aliphatic heterocycles. The summed E-state index contributed by atoms with van der Waals surface area (Å²) in [5.74, 6) is 0.398. The molecule has 1 aromatic rings. The number of benzene rings is 1. The van der Waals surface area contributed by atoms with E-state index in [0.717, 1.165) is 12.0 Å². The van der Waals surface area contributed by atoms with Crippen LogP contribution in [0.5, 0.6) is 5.75 Å². The zero-order valence-electron chi connectivity index (χ0n) is 10.1. The number of hydrogen-bond acceptors (Lipinski definition) is 2. The van der Waals surface area contributed by atoms with E-state index in [1.807, 2.05) is 57.2 Å². The molecule has 16 heavy (non-hydrogen) atoms. The van der Waals surface area contributed by atoms with Crippen molar-refractivity contribution < 1.29 is 9.53 Å². The van der Waals surface area contributed by atoms with E-state index in [9.17, 15) is 4.79 Å². The number of allylic oxidation sites excluding steroid dienone is 1. The summed E-state index contributed by atoms with van der Waals surface area (Å²) in [6.07, 6.45) is 4.77. The van der Waals surface area contributed by atoms with Gasteiger partial charge >= 0.3 is 5.97 Å². The highest BCUT2D eigenvalue weighted by Crippen LogP contribution is 2.15. The van der Waals surface area contributed by atoms with Gasteiger partial charge in [0.05, 0.1) is 5.92 Å². The molecule has 0 fully saturated rings. The Bertz CT molecular complexity index is 363. The molecule has 1 atom stereocenters. The maximum atomic E-state index is 11.5. The topological polar surface area (TPSA) is 26.3 Å². The van der Waals surface area contributed by atoms with Gasteiger partial charge in [0.15, 0.2) is 0 Å². The second-order valence-electron chi connectivity index (χ2n) is 3.80. The van der Waals surface area contributed by atoms with Crippen molar-refractivity contribution in [3.05, 3.63) is 35.9 Å².